The van der Waals surface area contributed by atoms with Crippen LogP contribution >= 0.6 is 0 Å². The lowest BCUT2D eigenvalue weighted by Crippen LogP contribution is -2.29. The molecule has 0 unspecified atom stereocenters. The van der Waals surface area contributed by atoms with Gasteiger partial charge in [0, 0.05) is 25.8 Å². The Morgan fingerprint density at radius 2 is 1.92 bits per heavy atom. The number of hydrogen-bond acceptors (Lipinski definition) is 5. The molecule has 0 aromatic heterocycles. The number of nitrogens with one attached hydrogen (secondary N) is 1. The highest BCUT2D eigenvalue weighted by Crippen LogP contribution is 2.14. The maximum absolute atomic E-state index is 12.1. The summed E-state index contributed by atoms with van der Waals surface area (Å²) in [4.78, 5) is 34.7. The zero-order valence-electron chi connectivity index (χ0n) is 13.7. The third kappa shape index (κ3) is 5.19. The summed E-state index contributed by atoms with van der Waals surface area (Å²) >= 11 is 0. The first-order chi connectivity index (χ1) is 11.6. The standard InChI is InChI=1S/C17H21N3O4/c1-24-17(23)9-11-18-15(21)7-8-16(22)20-12-10-14(19-20)13-5-3-2-4-6-13/h2-6H,7-12H2,1H3,(H,18,21). The average Bonchev–Trinajstić information content (AvgIpc) is 3.10. The fourth-order valence-electron chi connectivity index (χ4n) is 2.31. The van der Waals surface area contributed by atoms with Gasteiger partial charge in [-0.3, -0.25) is 14.4 Å². The second-order valence-corrected chi connectivity index (χ2v) is 5.36. The lowest BCUT2D eigenvalue weighted by molar-refractivity contribution is -0.140. The summed E-state index contributed by atoms with van der Waals surface area (Å²) in [6.45, 7) is 0.743. The number of rotatable bonds is 7. The van der Waals surface area contributed by atoms with Gasteiger partial charge in [0.25, 0.3) is 0 Å². The first-order valence-electron chi connectivity index (χ1n) is 7.87. The zero-order chi connectivity index (χ0) is 17.4. The number of nitrogens with zero attached hydrogens (tertiary/aromatic N) is 2. The summed E-state index contributed by atoms with van der Waals surface area (Å²) in [5.41, 5.74) is 1.89. The van der Waals surface area contributed by atoms with Crippen molar-refractivity contribution in [2.75, 3.05) is 20.2 Å². The highest BCUT2D eigenvalue weighted by Gasteiger charge is 2.21. The van der Waals surface area contributed by atoms with Crippen molar-refractivity contribution in [3.05, 3.63) is 35.9 Å². The topological polar surface area (TPSA) is 88.1 Å². The quantitative estimate of drug-likeness (QED) is 0.757. The number of ether oxygens (including phenoxy) is 1. The highest BCUT2D eigenvalue weighted by atomic mass is 16.5. The number of amides is 2. The van der Waals surface area contributed by atoms with E-state index >= 15 is 0 Å². The molecule has 0 spiro atoms. The number of esters is 1. The molecule has 1 aromatic carbocycles. The molecule has 2 amide bonds. The molecule has 1 aliphatic heterocycles. The Labute approximate surface area is 140 Å². The average molecular weight is 331 g/mol. The van der Waals surface area contributed by atoms with E-state index in [1.165, 1.54) is 12.1 Å². The fourth-order valence-corrected chi connectivity index (χ4v) is 2.31. The van der Waals surface area contributed by atoms with Crippen molar-refractivity contribution in [3.63, 3.8) is 0 Å². The summed E-state index contributed by atoms with van der Waals surface area (Å²) in [7, 11) is 1.29. The molecule has 0 fully saturated rings. The van der Waals surface area contributed by atoms with E-state index in [0.717, 1.165) is 11.3 Å². The molecule has 0 saturated heterocycles. The van der Waals surface area contributed by atoms with Gasteiger partial charge in [0.05, 0.1) is 25.8 Å². The largest absolute Gasteiger partial charge is 0.469 e. The molecule has 0 aliphatic carbocycles. The van der Waals surface area contributed by atoms with E-state index in [-0.39, 0.29) is 43.6 Å². The van der Waals surface area contributed by atoms with Crippen LogP contribution in [0, 0.1) is 0 Å². The van der Waals surface area contributed by atoms with Crippen LogP contribution in [0.2, 0.25) is 0 Å². The van der Waals surface area contributed by atoms with Crippen molar-refractivity contribution in [2.45, 2.75) is 25.7 Å². The Bertz CT molecular complexity index is 628. The van der Waals surface area contributed by atoms with Gasteiger partial charge in [0.2, 0.25) is 11.8 Å². The highest BCUT2D eigenvalue weighted by molar-refractivity contribution is 6.02. The minimum atomic E-state index is -0.383. The molecular weight excluding hydrogens is 310 g/mol. The van der Waals surface area contributed by atoms with Crippen LogP contribution < -0.4 is 5.32 Å². The van der Waals surface area contributed by atoms with Crippen molar-refractivity contribution < 1.29 is 19.1 Å². The predicted octanol–water partition coefficient (Wildman–Crippen LogP) is 1.08. The van der Waals surface area contributed by atoms with Crippen molar-refractivity contribution in [3.8, 4) is 0 Å². The molecule has 0 saturated carbocycles. The normalized spacial score (nSPS) is 13.4. The number of carbonyl (C=O) groups excluding carboxylic acids is 3. The first kappa shape index (κ1) is 17.7. The molecule has 2 rings (SSSR count). The molecule has 7 heteroatoms. The van der Waals surface area contributed by atoms with Gasteiger partial charge in [-0.15, -0.1) is 0 Å². The summed E-state index contributed by atoms with van der Waals surface area (Å²) in [5.74, 6) is -0.825. The lowest BCUT2D eigenvalue weighted by atomic mass is 10.1. The van der Waals surface area contributed by atoms with E-state index in [1.54, 1.807) is 0 Å². The molecule has 1 heterocycles. The Balaban J connectivity index is 1.74. The molecule has 1 aromatic rings. The van der Waals surface area contributed by atoms with E-state index in [9.17, 15) is 14.4 Å². The van der Waals surface area contributed by atoms with Crippen LogP contribution in [-0.2, 0) is 19.1 Å². The minimum Gasteiger partial charge on any atom is -0.469 e. The Morgan fingerprint density at radius 1 is 1.17 bits per heavy atom. The molecule has 0 radical (unpaired) electrons. The number of methoxy groups -OCH3 is 1. The van der Waals surface area contributed by atoms with Crippen molar-refractivity contribution in [2.24, 2.45) is 5.10 Å². The molecule has 1 aliphatic rings. The maximum atomic E-state index is 12.1. The van der Waals surface area contributed by atoms with Gasteiger partial charge in [-0.2, -0.15) is 5.10 Å². The SMILES string of the molecule is COC(=O)CCNC(=O)CCC(=O)N1CCC(c2ccccc2)=N1. The molecule has 7 nitrogen and oxygen atoms in total. The third-order valence-corrected chi connectivity index (χ3v) is 3.64. The van der Waals surface area contributed by atoms with Crippen molar-refractivity contribution in [1.29, 1.82) is 0 Å². The summed E-state index contributed by atoms with van der Waals surface area (Å²) in [5, 5.41) is 8.34. The number of hydrogen-bond donors (Lipinski definition) is 1. The van der Waals surface area contributed by atoms with E-state index in [0.29, 0.717) is 13.0 Å². The Morgan fingerprint density at radius 3 is 2.62 bits per heavy atom. The van der Waals surface area contributed by atoms with Crippen LogP contribution in [0.1, 0.15) is 31.2 Å². The van der Waals surface area contributed by atoms with Gasteiger partial charge in [-0.25, -0.2) is 5.01 Å². The van der Waals surface area contributed by atoms with E-state index in [1.807, 2.05) is 30.3 Å². The zero-order valence-corrected chi connectivity index (χ0v) is 13.7. The molecule has 0 bridgehead atoms. The first-order valence-corrected chi connectivity index (χ1v) is 7.87. The monoisotopic (exact) mass is 331 g/mol. The van der Waals surface area contributed by atoms with Crippen LogP contribution in [0.3, 0.4) is 0 Å². The van der Waals surface area contributed by atoms with Gasteiger partial charge in [-0.1, -0.05) is 30.3 Å². The van der Waals surface area contributed by atoms with E-state index in [4.69, 9.17) is 0 Å². The maximum Gasteiger partial charge on any atom is 0.307 e. The van der Waals surface area contributed by atoms with Crippen LogP contribution in [0.15, 0.2) is 35.4 Å². The molecule has 0 atom stereocenters. The third-order valence-electron chi connectivity index (χ3n) is 3.64. The number of hydrazone groups is 1. The second kappa shape index (κ2) is 8.81. The van der Waals surface area contributed by atoms with Crippen molar-refractivity contribution in [1.82, 2.24) is 10.3 Å². The van der Waals surface area contributed by atoms with E-state index < -0.39 is 0 Å². The lowest BCUT2D eigenvalue weighted by Gasteiger charge is -2.11. The minimum absolute atomic E-state index is 0.0761. The van der Waals surface area contributed by atoms with Crippen molar-refractivity contribution >= 4 is 23.5 Å². The van der Waals surface area contributed by atoms with E-state index in [2.05, 4.69) is 15.2 Å². The predicted molar refractivity (Wildman–Crippen MR) is 88.2 cm³/mol. The van der Waals surface area contributed by atoms with Gasteiger partial charge in [0.1, 0.15) is 0 Å². The van der Waals surface area contributed by atoms with Gasteiger partial charge in [-0.05, 0) is 5.56 Å². The summed E-state index contributed by atoms with van der Waals surface area (Å²) in [6.07, 6.45) is 0.996. The smallest absolute Gasteiger partial charge is 0.307 e. The Kier molecular flexibility index (Phi) is 6.48. The summed E-state index contributed by atoms with van der Waals surface area (Å²) < 4.78 is 4.48. The van der Waals surface area contributed by atoms with Crippen LogP contribution in [0.4, 0.5) is 0 Å². The number of benzene rings is 1. The second-order valence-electron chi connectivity index (χ2n) is 5.36. The Hall–Kier alpha value is -2.70. The van der Waals surface area contributed by atoms with Gasteiger partial charge in [0.15, 0.2) is 0 Å². The number of carbonyl (C=O) groups is 3. The van der Waals surface area contributed by atoms with Gasteiger partial charge < -0.3 is 10.1 Å². The van der Waals surface area contributed by atoms with Crippen LogP contribution in [-0.4, -0.2) is 48.7 Å². The molecule has 24 heavy (non-hydrogen) atoms. The van der Waals surface area contributed by atoms with Crippen LogP contribution in [0.25, 0.3) is 0 Å². The molecule has 1 N–H and O–H groups in total. The fraction of sp³-hybridized carbons (Fsp3) is 0.412. The summed E-state index contributed by atoms with van der Waals surface area (Å²) in [6, 6.07) is 9.71. The molecular formula is C17H21N3O4. The van der Waals surface area contributed by atoms with Gasteiger partial charge >= 0.3 is 5.97 Å². The molecule has 128 valence electrons. The van der Waals surface area contributed by atoms with Crippen LogP contribution in [0.5, 0.6) is 0 Å².